The van der Waals surface area contributed by atoms with Crippen molar-refractivity contribution >= 4 is 39.4 Å². The van der Waals surface area contributed by atoms with Gasteiger partial charge in [0.25, 0.3) is 0 Å². The molecule has 0 aliphatic rings. The third kappa shape index (κ3) is 3.35. The molecular weight excluding hydrogens is 292 g/mol. The van der Waals surface area contributed by atoms with Crippen molar-refractivity contribution in [2.24, 2.45) is 0 Å². The number of methoxy groups -OCH3 is 1. The maximum atomic E-state index is 5.66. The lowest BCUT2D eigenvalue weighted by atomic mass is 10.2. The largest absolute Gasteiger partial charge is 0.497 e. The van der Waals surface area contributed by atoms with Gasteiger partial charge in [-0.2, -0.15) is 0 Å². The molecule has 0 aliphatic carbocycles. The first kappa shape index (κ1) is 14.4. The van der Waals surface area contributed by atoms with Crippen LogP contribution in [-0.4, -0.2) is 12.1 Å². The van der Waals surface area contributed by atoms with Gasteiger partial charge in [-0.25, -0.2) is 4.98 Å². The first-order chi connectivity index (χ1) is 10.7. The van der Waals surface area contributed by atoms with Gasteiger partial charge in [-0.15, -0.1) is 11.3 Å². The molecule has 0 atom stereocenters. The van der Waals surface area contributed by atoms with E-state index in [0.717, 1.165) is 32.2 Å². The van der Waals surface area contributed by atoms with Gasteiger partial charge in [-0.05, 0) is 42.0 Å². The van der Waals surface area contributed by atoms with E-state index in [1.807, 2.05) is 66.8 Å². The van der Waals surface area contributed by atoms with Crippen molar-refractivity contribution in [3.05, 3.63) is 65.2 Å². The number of ether oxygens (including phenoxy) is 1. The third-order valence-corrected chi connectivity index (χ3v) is 4.17. The van der Waals surface area contributed by atoms with E-state index in [4.69, 9.17) is 10.5 Å². The molecule has 2 aromatic carbocycles. The maximum Gasteiger partial charge on any atom is 0.120 e. The first-order valence-electron chi connectivity index (χ1n) is 6.89. The average molecular weight is 308 g/mol. The average Bonchev–Trinajstić information content (AvgIpc) is 2.95. The Labute approximate surface area is 133 Å². The fraction of sp³-hybridized carbons (Fsp3) is 0.0556. The van der Waals surface area contributed by atoms with Crippen LogP contribution in [0, 0.1) is 0 Å². The van der Waals surface area contributed by atoms with Gasteiger partial charge in [0.05, 0.1) is 17.3 Å². The Morgan fingerprint density at radius 3 is 2.59 bits per heavy atom. The van der Waals surface area contributed by atoms with E-state index >= 15 is 0 Å². The Hall–Kier alpha value is -2.59. The van der Waals surface area contributed by atoms with Crippen molar-refractivity contribution in [1.82, 2.24) is 4.98 Å². The van der Waals surface area contributed by atoms with Gasteiger partial charge in [0, 0.05) is 5.69 Å². The minimum Gasteiger partial charge on any atom is -0.497 e. The molecule has 1 aromatic heterocycles. The van der Waals surface area contributed by atoms with Gasteiger partial charge in [0.2, 0.25) is 0 Å². The Morgan fingerprint density at radius 2 is 1.82 bits per heavy atom. The number of allylic oxidation sites excluding steroid dienone is 2. The molecular formula is C18H16N2OS. The molecule has 110 valence electrons. The summed E-state index contributed by atoms with van der Waals surface area (Å²) in [4.78, 5) is 4.57. The molecule has 3 aromatic rings. The minimum absolute atomic E-state index is 0.776. The standard InChI is InChI=1S/C18H16N2OS/c1-21-15-10-11-16-17(12-15)22-18(20-16)5-3-2-4-13-6-8-14(19)9-7-13/h2-12H,19H2,1H3. The second kappa shape index (κ2) is 6.45. The third-order valence-electron chi connectivity index (χ3n) is 3.19. The molecule has 0 radical (unpaired) electrons. The predicted octanol–water partition coefficient (Wildman–Crippen LogP) is 4.61. The Balaban J connectivity index is 1.73. The fourth-order valence-electron chi connectivity index (χ4n) is 2.03. The van der Waals surface area contributed by atoms with Gasteiger partial charge in [-0.1, -0.05) is 30.4 Å². The molecule has 3 rings (SSSR count). The Kier molecular flexibility index (Phi) is 4.21. The number of nitrogens with two attached hydrogens (primary N) is 1. The van der Waals surface area contributed by atoms with Crippen LogP contribution in [0.1, 0.15) is 10.6 Å². The van der Waals surface area contributed by atoms with E-state index in [9.17, 15) is 0 Å². The van der Waals surface area contributed by atoms with Gasteiger partial charge in [0.15, 0.2) is 0 Å². The van der Waals surface area contributed by atoms with Crippen LogP contribution in [0.3, 0.4) is 0 Å². The SMILES string of the molecule is COc1ccc2nc(C=CC=Cc3ccc(N)cc3)sc2c1. The lowest BCUT2D eigenvalue weighted by molar-refractivity contribution is 0.415. The summed E-state index contributed by atoms with van der Waals surface area (Å²) in [6.07, 6.45) is 8.03. The Bertz CT molecular complexity index is 832. The van der Waals surface area contributed by atoms with E-state index in [-0.39, 0.29) is 0 Å². The number of aromatic nitrogens is 1. The predicted molar refractivity (Wildman–Crippen MR) is 95.1 cm³/mol. The van der Waals surface area contributed by atoms with Crippen LogP contribution in [-0.2, 0) is 0 Å². The van der Waals surface area contributed by atoms with Gasteiger partial charge in [-0.3, -0.25) is 0 Å². The summed E-state index contributed by atoms with van der Waals surface area (Å²) in [6, 6.07) is 13.7. The molecule has 22 heavy (non-hydrogen) atoms. The summed E-state index contributed by atoms with van der Waals surface area (Å²) >= 11 is 1.65. The normalized spacial score (nSPS) is 11.7. The molecule has 0 saturated carbocycles. The number of fused-ring (bicyclic) bond motifs is 1. The molecule has 3 nitrogen and oxygen atoms in total. The highest BCUT2D eigenvalue weighted by Crippen LogP contribution is 2.26. The molecule has 2 N–H and O–H groups in total. The van der Waals surface area contributed by atoms with E-state index in [2.05, 4.69) is 4.98 Å². The number of thiazole rings is 1. The van der Waals surface area contributed by atoms with E-state index < -0.39 is 0 Å². The molecule has 0 aliphatic heterocycles. The van der Waals surface area contributed by atoms with Crippen molar-refractivity contribution in [3.63, 3.8) is 0 Å². The van der Waals surface area contributed by atoms with Crippen molar-refractivity contribution in [3.8, 4) is 5.75 Å². The number of nitrogen functional groups attached to an aromatic ring is 1. The van der Waals surface area contributed by atoms with Crippen molar-refractivity contribution in [2.45, 2.75) is 0 Å². The molecule has 1 heterocycles. The highest BCUT2D eigenvalue weighted by Gasteiger charge is 2.02. The lowest BCUT2D eigenvalue weighted by Gasteiger charge is -1.96. The molecule has 0 bridgehead atoms. The smallest absolute Gasteiger partial charge is 0.120 e. The number of nitrogens with zero attached hydrogens (tertiary/aromatic N) is 1. The topological polar surface area (TPSA) is 48.1 Å². The highest BCUT2D eigenvalue weighted by molar-refractivity contribution is 7.19. The van der Waals surface area contributed by atoms with Crippen LogP contribution in [0.25, 0.3) is 22.4 Å². The number of anilines is 1. The molecule has 0 amide bonds. The quantitative estimate of drug-likeness (QED) is 0.565. The second-order valence-corrected chi connectivity index (χ2v) is 5.83. The number of hydrogen-bond acceptors (Lipinski definition) is 4. The van der Waals surface area contributed by atoms with Crippen molar-refractivity contribution in [2.75, 3.05) is 12.8 Å². The van der Waals surface area contributed by atoms with Crippen LogP contribution in [0.4, 0.5) is 5.69 Å². The monoisotopic (exact) mass is 308 g/mol. The Morgan fingerprint density at radius 1 is 1.05 bits per heavy atom. The number of benzene rings is 2. The molecule has 0 fully saturated rings. The van der Waals surface area contributed by atoms with Crippen molar-refractivity contribution in [1.29, 1.82) is 0 Å². The zero-order chi connectivity index (χ0) is 15.4. The molecule has 0 saturated heterocycles. The zero-order valence-electron chi connectivity index (χ0n) is 12.2. The number of rotatable bonds is 4. The highest BCUT2D eigenvalue weighted by atomic mass is 32.1. The first-order valence-corrected chi connectivity index (χ1v) is 7.71. The van der Waals surface area contributed by atoms with Crippen LogP contribution < -0.4 is 10.5 Å². The van der Waals surface area contributed by atoms with Gasteiger partial charge in [0.1, 0.15) is 10.8 Å². The maximum absolute atomic E-state index is 5.66. The van der Waals surface area contributed by atoms with Gasteiger partial charge >= 0.3 is 0 Å². The van der Waals surface area contributed by atoms with Crippen molar-refractivity contribution < 1.29 is 4.74 Å². The lowest BCUT2D eigenvalue weighted by Crippen LogP contribution is -1.82. The molecule has 0 spiro atoms. The second-order valence-electron chi connectivity index (χ2n) is 4.77. The summed E-state index contributed by atoms with van der Waals surface area (Å²) in [5, 5.41) is 0.977. The number of hydrogen-bond donors (Lipinski definition) is 1. The zero-order valence-corrected chi connectivity index (χ0v) is 13.0. The molecule has 4 heteroatoms. The van der Waals surface area contributed by atoms with Crippen LogP contribution in [0.2, 0.25) is 0 Å². The molecule has 0 unspecified atom stereocenters. The summed E-state index contributed by atoms with van der Waals surface area (Å²) in [5.41, 5.74) is 8.55. The van der Waals surface area contributed by atoms with E-state index in [1.54, 1.807) is 18.4 Å². The van der Waals surface area contributed by atoms with E-state index in [0.29, 0.717) is 0 Å². The fourth-order valence-corrected chi connectivity index (χ4v) is 2.94. The van der Waals surface area contributed by atoms with Gasteiger partial charge < -0.3 is 10.5 Å². The summed E-state index contributed by atoms with van der Waals surface area (Å²) in [5.74, 6) is 0.856. The van der Waals surface area contributed by atoms with E-state index in [1.165, 1.54) is 0 Å². The van der Waals surface area contributed by atoms with Crippen LogP contribution >= 0.6 is 11.3 Å². The van der Waals surface area contributed by atoms with Crippen LogP contribution in [0.5, 0.6) is 5.75 Å². The van der Waals surface area contributed by atoms with Crippen LogP contribution in [0.15, 0.2) is 54.6 Å². The summed E-state index contributed by atoms with van der Waals surface area (Å²) in [7, 11) is 1.67. The minimum atomic E-state index is 0.776. The summed E-state index contributed by atoms with van der Waals surface area (Å²) in [6.45, 7) is 0. The summed E-state index contributed by atoms with van der Waals surface area (Å²) < 4.78 is 6.35.